The Hall–Kier alpha value is -1.82. The van der Waals surface area contributed by atoms with E-state index in [4.69, 9.17) is 20.8 Å². The topological polar surface area (TPSA) is 73.1 Å². The predicted octanol–water partition coefficient (Wildman–Crippen LogP) is 2.61. The lowest BCUT2D eigenvalue weighted by Crippen LogP contribution is -2.10. The average molecular weight is 269 g/mol. The lowest BCUT2D eigenvalue weighted by Gasteiger charge is -2.11. The van der Waals surface area contributed by atoms with E-state index in [2.05, 4.69) is 20.3 Å². The van der Waals surface area contributed by atoms with Gasteiger partial charge in [0.15, 0.2) is 0 Å². The first-order valence-corrected chi connectivity index (χ1v) is 5.74. The van der Waals surface area contributed by atoms with Crippen LogP contribution in [0.1, 0.15) is 24.5 Å². The zero-order valence-electron chi connectivity index (χ0n) is 10.3. The number of furan rings is 1. The smallest absolute Gasteiger partial charge is 0.322 e. The Morgan fingerprint density at radius 3 is 2.72 bits per heavy atom. The Morgan fingerprint density at radius 2 is 2.11 bits per heavy atom. The van der Waals surface area contributed by atoms with Gasteiger partial charge in [-0.25, -0.2) is 0 Å². The molecule has 0 aliphatic carbocycles. The summed E-state index contributed by atoms with van der Waals surface area (Å²) in [6, 6.07) is 3.88. The van der Waals surface area contributed by atoms with Crippen molar-refractivity contribution in [2.24, 2.45) is 0 Å². The van der Waals surface area contributed by atoms with E-state index in [1.807, 2.05) is 26.0 Å². The van der Waals surface area contributed by atoms with E-state index in [-0.39, 0.29) is 17.3 Å². The number of methoxy groups -OCH3 is 1. The molecule has 7 heteroatoms. The van der Waals surface area contributed by atoms with Crippen molar-refractivity contribution in [1.29, 1.82) is 0 Å². The Balaban J connectivity index is 2.16. The van der Waals surface area contributed by atoms with Gasteiger partial charge in [0.2, 0.25) is 11.2 Å². The number of hydrogen-bond donors (Lipinski definition) is 1. The SMILES string of the molecule is COc1nc(Cl)nc(NC(C)c2ccc(C)o2)n1. The first-order chi connectivity index (χ1) is 8.58. The van der Waals surface area contributed by atoms with Crippen molar-refractivity contribution in [3.63, 3.8) is 0 Å². The van der Waals surface area contributed by atoms with E-state index < -0.39 is 0 Å². The molecule has 2 aromatic rings. The molecule has 1 N–H and O–H groups in total. The molecule has 0 amide bonds. The maximum atomic E-state index is 5.76. The molecule has 1 unspecified atom stereocenters. The van der Waals surface area contributed by atoms with Crippen LogP contribution in [0.3, 0.4) is 0 Å². The Kier molecular flexibility index (Phi) is 3.66. The number of nitrogens with zero attached hydrogens (tertiary/aromatic N) is 3. The summed E-state index contributed by atoms with van der Waals surface area (Å²) in [6.07, 6.45) is 0. The van der Waals surface area contributed by atoms with Crippen molar-refractivity contribution in [2.45, 2.75) is 19.9 Å². The molecule has 0 saturated heterocycles. The van der Waals surface area contributed by atoms with Gasteiger partial charge in [0, 0.05) is 0 Å². The minimum atomic E-state index is -0.0816. The summed E-state index contributed by atoms with van der Waals surface area (Å²) in [6.45, 7) is 3.82. The van der Waals surface area contributed by atoms with Crippen LogP contribution in [-0.2, 0) is 0 Å². The van der Waals surface area contributed by atoms with Gasteiger partial charge in [-0.3, -0.25) is 0 Å². The average Bonchev–Trinajstić information content (AvgIpc) is 2.75. The first-order valence-electron chi connectivity index (χ1n) is 5.37. The number of rotatable bonds is 4. The number of nitrogens with one attached hydrogen (secondary N) is 1. The van der Waals surface area contributed by atoms with Crippen LogP contribution in [0.15, 0.2) is 16.5 Å². The van der Waals surface area contributed by atoms with Gasteiger partial charge in [-0.2, -0.15) is 15.0 Å². The van der Waals surface area contributed by atoms with Crippen molar-refractivity contribution < 1.29 is 9.15 Å². The molecule has 6 nitrogen and oxygen atoms in total. The zero-order chi connectivity index (χ0) is 13.1. The summed E-state index contributed by atoms with van der Waals surface area (Å²) >= 11 is 5.76. The number of hydrogen-bond acceptors (Lipinski definition) is 6. The third kappa shape index (κ3) is 2.89. The fourth-order valence-electron chi connectivity index (χ4n) is 1.44. The maximum absolute atomic E-state index is 5.76. The van der Waals surface area contributed by atoms with Gasteiger partial charge in [-0.1, -0.05) is 0 Å². The standard InChI is InChI=1S/C11H13ClN4O2/c1-6-4-5-8(18-6)7(2)13-10-14-9(12)15-11(16-10)17-3/h4-5,7H,1-3H3,(H,13,14,15,16). The molecule has 2 aromatic heterocycles. The van der Waals surface area contributed by atoms with E-state index >= 15 is 0 Å². The quantitative estimate of drug-likeness (QED) is 0.919. The Bertz CT molecular complexity index is 544. The van der Waals surface area contributed by atoms with Crippen molar-refractivity contribution in [2.75, 3.05) is 12.4 Å². The van der Waals surface area contributed by atoms with E-state index in [1.54, 1.807) is 0 Å². The summed E-state index contributed by atoms with van der Waals surface area (Å²) in [7, 11) is 1.47. The molecule has 0 aromatic carbocycles. The molecule has 0 radical (unpaired) electrons. The van der Waals surface area contributed by atoms with Crippen molar-refractivity contribution in [3.8, 4) is 6.01 Å². The molecule has 0 fully saturated rings. The molecule has 0 aliphatic heterocycles. The summed E-state index contributed by atoms with van der Waals surface area (Å²) < 4.78 is 10.4. The first kappa shape index (κ1) is 12.6. The monoisotopic (exact) mass is 268 g/mol. The minimum absolute atomic E-state index is 0.0761. The van der Waals surface area contributed by atoms with Gasteiger partial charge < -0.3 is 14.5 Å². The van der Waals surface area contributed by atoms with Crippen molar-refractivity contribution >= 4 is 17.5 Å². The number of ether oxygens (including phenoxy) is 1. The zero-order valence-corrected chi connectivity index (χ0v) is 11.0. The van der Waals surface area contributed by atoms with Crippen LogP contribution < -0.4 is 10.1 Å². The molecule has 0 bridgehead atoms. The van der Waals surface area contributed by atoms with E-state index in [0.717, 1.165) is 11.5 Å². The summed E-state index contributed by atoms with van der Waals surface area (Å²) in [5.74, 6) is 1.99. The summed E-state index contributed by atoms with van der Waals surface area (Å²) in [5, 5.41) is 3.14. The third-order valence-corrected chi connectivity index (χ3v) is 2.47. The van der Waals surface area contributed by atoms with Gasteiger partial charge in [0.1, 0.15) is 11.5 Å². The van der Waals surface area contributed by atoms with Gasteiger partial charge in [0.25, 0.3) is 0 Å². The van der Waals surface area contributed by atoms with Gasteiger partial charge in [-0.15, -0.1) is 0 Å². The van der Waals surface area contributed by atoms with Gasteiger partial charge >= 0.3 is 6.01 Å². The van der Waals surface area contributed by atoms with Gasteiger partial charge in [-0.05, 0) is 37.6 Å². The van der Waals surface area contributed by atoms with E-state index in [1.165, 1.54) is 7.11 Å². The maximum Gasteiger partial charge on any atom is 0.322 e. The number of aryl methyl sites for hydroxylation is 1. The van der Waals surface area contributed by atoms with Crippen LogP contribution in [-0.4, -0.2) is 22.1 Å². The van der Waals surface area contributed by atoms with Gasteiger partial charge in [0.05, 0.1) is 13.2 Å². The van der Waals surface area contributed by atoms with E-state index in [0.29, 0.717) is 5.95 Å². The second-order valence-electron chi connectivity index (χ2n) is 3.73. The van der Waals surface area contributed by atoms with Crippen LogP contribution in [0, 0.1) is 6.92 Å². The second kappa shape index (κ2) is 5.22. The lowest BCUT2D eigenvalue weighted by atomic mass is 10.2. The lowest BCUT2D eigenvalue weighted by molar-refractivity contribution is 0.378. The van der Waals surface area contributed by atoms with Crippen LogP contribution in [0.25, 0.3) is 0 Å². The highest BCUT2D eigenvalue weighted by Gasteiger charge is 2.12. The molecule has 1 atom stereocenters. The fourth-order valence-corrected chi connectivity index (χ4v) is 1.59. The van der Waals surface area contributed by atoms with Crippen LogP contribution in [0.2, 0.25) is 5.28 Å². The van der Waals surface area contributed by atoms with Crippen LogP contribution in [0.5, 0.6) is 6.01 Å². The summed E-state index contributed by atoms with van der Waals surface area (Å²) in [4.78, 5) is 11.8. The molecular formula is C11H13ClN4O2. The molecular weight excluding hydrogens is 256 g/mol. The number of anilines is 1. The Labute approximate surface area is 109 Å². The molecule has 0 spiro atoms. The Morgan fingerprint density at radius 1 is 1.33 bits per heavy atom. The highest BCUT2D eigenvalue weighted by Crippen LogP contribution is 2.20. The largest absolute Gasteiger partial charge is 0.467 e. The molecule has 2 rings (SSSR count). The van der Waals surface area contributed by atoms with Crippen LogP contribution >= 0.6 is 11.6 Å². The molecule has 2 heterocycles. The predicted molar refractivity (Wildman–Crippen MR) is 66.9 cm³/mol. The number of halogens is 1. The minimum Gasteiger partial charge on any atom is -0.467 e. The van der Waals surface area contributed by atoms with Crippen molar-refractivity contribution in [3.05, 3.63) is 28.9 Å². The fraction of sp³-hybridized carbons (Fsp3) is 0.364. The third-order valence-electron chi connectivity index (χ3n) is 2.30. The van der Waals surface area contributed by atoms with E-state index in [9.17, 15) is 0 Å². The molecule has 96 valence electrons. The number of aromatic nitrogens is 3. The highest BCUT2D eigenvalue weighted by molar-refractivity contribution is 6.28. The molecule has 0 aliphatic rings. The van der Waals surface area contributed by atoms with Crippen LogP contribution in [0.4, 0.5) is 5.95 Å². The second-order valence-corrected chi connectivity index (χ2v) is 4.07. The molecule has 18 heavy (non-hydrogen) atoms. The highest BCUT2D eigenvalue weighted by atomic mass is 35.5. The van der Waals surface area contributed by atoms with Crippen molar-refractivity contribution in [1.82, 2.24) is 15.0 Å². The normalized spacial score (nSPS) is 12.2. The summed E-state index contributed by atoms with van der Waals surface area (Å²) in [5.41, 5.74) is 0. The molecule has 0 saturated carbocycles.